The third-order valence-corrected chi connectivity index (χ3v) is 26.1. The van der Waals surface area contributed by atoms with Crippen LogP contribution in [0.3, 0.4) is 0 Å². The minimum atomic E-state index is -0.542. The van der Waals surface area contributed by atoms with E-state index < -0.39 is 23.3 Å². The lowest BCUT2D eigenvalue weighted by molar-refractivity contribution is -0.0356. The normalized spacial score (nSPS) is 16.6. The summed E-state index contributed by atoms with van der Waals surface area (Å²) in [5.41, 5.74) is 19.7. The zero-order valence-electron chi connectivity index (χ0n) is 76.9. The number of piperidine rings is 1. The van der Waals surface area contributed by atoms with Crippen LogP contribution in [0.2, 0.25) is 0 Å². The first-order chi connectivity index (χ1) is 70.2. The summed E-state index contributed by atoms with van der Waals surface area (Å²) in [6, 6.07) is 59.1. The quantitative estimate of drug-likeness (QED) is 0.0417. The Morgan fingerprint density at radius 3 is 1.17 bits per heavy atom. The van der Waals surface area contributed by atoms with E-state index in [-0.39, 0.29) is 60.1 Å². The Labute approximate surface area is 811 Å². The van der Waals surface area contributed by atoms with Crippen molar-refractivity contribution in [1.29, 1.82) is 0 Å². The van der Waals surface area contributed by atoms with Gasteiger partial charge in [0.25, 0.3) is 0 Å². The fraction of sp³-hybridized carbons (Fsp3) is 0.212. The van der Waals surface area contributed by atoms with E-state index in [1.807, 2.05) is 163 Å². The van der Waals surface area contributed by atoms with Gasteiger partial charge in [0.1, 0.15) is 104 Å². The molecule has 4 fully saturated rings. The number of likely N-dealkylation sites (tertiary alicyclic amines) is 1. The summed E-state index contributed by atoms with van der Waals surface area (Å²) in [7, 11) is 1.56. The molecule has 25 rings (SSSR count). The van der Waals surface area contributed by atoms with Gasteiger partial charge in [-0.2, -0.15) is 20.4 Å². The number of halogens is 6. The molecule has 4 aliphatic heterocycles. The summed E-state index contributed by atoms with van der Waals surface area (Å²) in [4.78, 5) is 28.2. The van der Waals surface area contributed by atoms with E-state index in [0.717, 1.165) is 165 Å². The largest absolute Gasteiger partial charge is 0.496 e. The fourth-order valence-electron chi connectivity index (χ4n) is 18.7. The van der Waals surface area contributed by atoms with Crippen molar-refractivity contribution in [3.63, 3.8) is 0 Å². The van der Waals surface area contributed by atoms with E-state index in [2.05, 4.69) is 128 Å². The first-order valence-corrected chi connectivity index (χ1v) is 46.6. The monoisotopic (exact) mass is 1920 g/mol. The van der Waals surface area contributed by atoms with E-state index in [1.54, 1.807) is 87.4 Å². The maximum atomic E-state index is 14.5. The molecule has 39 heteroatoms. The van der Waals surface area contributed by atoms with E-state index in [1.165, 1.54) is 48.5 Å². The zero-order valence-corrected chi connectivity index (χ0v) is 76.9. The number of pyridine rings is 4. The number of H-pyrrole nitrogens is 5. The van der Waals surface area contributed by atoms with Crippen LogP contribution in [-0.4, -0.2) is 225 Å². The highest BCUT2D eigenvalue weighted by Crippen LogP contribution is 2.39. The van der Waals surface area contributed by atoms with Gasteiger partial charge in [-0.1, -0.05) is 57.3 Å². The lowest BCUT2D eigenvalue weighted by Crippen LogP contribution is -2.38. The summed E-state index contributed by atoms with van der Waals surface area (Å²) in [6.07, 6.45) is 22.7. The van der Waals surface area contributed by atoms with Crippen LogP contribution in [0.5, 0.6) is 5.75 Å². The van der Waals surface area contributed by atoms with Crippen molar-refractivity contribution in [1.82, 2.24) is 145 Å². The van der Waals surface area contributed by atoms with Gasteiger partial charge in [0.2, 0.25) is 0 Å². The molecule has 718 valence electrons. The topological polar surface area (TPSA) is 355 Å². The molecule has 3 unspecified atom stereocenters. The van der Waals surface area contributed by atoms with Crippen LogP contribution >= 0.6 is 0 Å². The standard InChI is InChI=1S/C28H24F2N8.C26H24FN7O2.C25H21F2N7O.C25H22FN7O/c29-23-4-1-5-24(30)22(23)15-37-12-2-3-17(14-37)26-16-38(36-34-26)18-6-7-25-21(13-18)27(35-33-25)19-8-10-31-28-20(19)9-11-32-28;1-35-24-4-2-3-21(27)20(24)14-33-11-12-36-25(16-33)23-15-34(32-30-23)18-5-6-22-19(13-18)26(31-29-22)17-7-9-28-10-8-17;26-20-2-1-3-21(27)19(20)13-33-10-11-35-24(15-33)23-14-34(32-30-23)17-4-5-22-18(12-17)25(31-29-22)16-6-8-28-9-7-16;26-21-4-2-1-3-18(21)14-32-11-12-34-24(16-32)23-15-33(31-29-23)19-5-6-22-20(13-19)25(30-28-22)17-7-9-27-10-8-17/h1,4-11,13,16-17H,2-3,12,14-15H2,(H,31,32)(H,33,35);2-10,13,15,25H,11-12,14,16H2,1H3,(H,29,31);1-9,12,14,24H,10-11,13,15H2,(H,29,31);1-10,13,15,24H,11-12,14,16H2,(H,28,30)/t17-;;;/m1.../s1. The Balaban J connectivity index is 0.000000109. The zero-order chi connectivity index (χ0) is 96.8. The third kappa shape index (κ3) is 19.8. The second-order valence-corrected chi connectivity index (χ2v) is 35.1. The van der Waals surface area contributed by atoms with Crippen LogP contribution < -0.4 is 4.74 Å². The molecule has 17 heterocycles. The Morgan fingerprint density at radius 1 is 0.357 bits per heavy atom. The van der Waals surface area contributed by atoms with Crippen molar-refractivity contribution in [2.45, 2.75) is 63.3 Å². The number of hydrogen-bond acceptors (Lipinski definition) is 24. The molecule has 4 saturated heterocycles. The van der Waals surface area contributed by atoms with Gasteiger partial charge in [0.15, 0.2) is 0 Å². The Bertz CT molecular complexity index is 8010. The molecular formula is C104H91F6N29O4. The highest BCUT2D eigenvalue weighted by molar-refractivity contribution is 6.02. The van der Waals surface area contributed by atoms with Gasteiger partial charge in [0.05, 0.1) is 102 Å². The number of benzene rings is 8. The van der Waals surface area contributed by atoms with Gasteiger partial charge in [-0.05, 0) is 183 Å². The molecule has 4 aliphatic rings. The molecule has 8 aromatic carbocycles. The van der Waals surface area contributed by atoms with Gasteiger partial charge in [-0.15, -0.1) is 20.4 Å². The third-order valence-electron chi connectivity index (χ3n) is 26.1. The van der Waals surface area contributed by atoms with Crippen LogP contribution in [0.25, 0.3) is 122 Å². The predicted molar refractivity (Wildman–Crippen MR) is 520 cm³/mol. The van der Waals surface area contributed by atoms with Gasteiger partial charge >= 0.3 is 0 Å². The lowest BCUT2D eigenvalue weighted by atomic mass is 9.95. The number of aromatic nitrogens is 25. The summed E-state index contributed by atoms with van der Waals surface area (Å²) < 4.78 is 115. The number of nitrogens with one attached hydrogen (secondary N) is 5. The molecule has 0 spiro atoms. The van der Waals surface area contributed by atoms with Crippen molar-refractivity contribution in [3.05, 3.63) is 354 Å². The SMILES string of the molecule is COc1cccc(F)c1CN1CCOC(c2cn(-c3ccc4[nH]nc(-c5ccncc5)c4c3)nn2)C1.Fc1cccc(F)c1CN1CCC[C@@H](c2cn(-c3ccc4[nH]nc(-c5ccnc6[nH]ccc56)c4c3)nn2)C1.Fc1cccc(F)c1CN1CCOC(c2cn(-c3ccc4[nH]nc(-c5ccncc5)c4c3)nn2)C1.Fc1ccccc1CN1CCOC(c2cn(-c3ccc4[nH]nc(-c5ccncc5)c4c3)nn2)C1. The lowest BCUT2D eigenvalue weighted by Gasteiger charge is -2.32. The fourth-order valence-corrected chi connectivity index (χ4v) is 18.7. The van der Waals surface area contributed by atoms with E-state index >= 15 is 0 Å². The Morgan fingerprint density at radius 2 is 0.734 bits per heavy atom. The smallest absolute Gasteiger partial charge is 0.137 e. The predicted octanol–water partition coefficient (Wildman–Crippen LogP) is 17.2. The average molecular weight is 1930 g/mol. The van der Waals surface area contributed by atoms with Crippen LogP contribution in [0.4, 0.5) is 26.3 Å². The molecule has 4 atom stereocenters. The van der Waals surface area contributed by atoms with Gasteiger partial charge < -0.3 is 23.9 Å². The number of methoxy groups -OCH3 is 1. The average Bonchev–Trinajstić information content (AvgIpc) is 1.64. The maximum absolute atomic E-state index is 14.5. The number of fused-ring (bicyclic) bond motifs is 5. The van der Waals surface area contributed by atoms with Crippen molar-refractivity contribution in [3.8, 4) is 73.5 Å². The van der Waals surface area contributed by atoms with E-state index in [0.29, 0.717) is 94.7 Å². The molecule has 0 radical (unpaired) electrons. The summed E-state index contributed by atoms with van der Waals surface area (Å²) >= 11 is 0. The number of rotatable bonds is 21. The van der Waals surface area contributed by atoms with Crippen molar-refractivity contribution >= 4 is 54.6 Å². The number of nitrogens with zero attached hydrogens (tertiary/aromatic N) is 24. The summed E-state index contributed by atoms with van der Waals surface area (Å²) in [5.74, 6) is -1.86. The van der Waals surface area contributed by atoms with Crippen molar-refractivity contribution in [2.75, 3.05) is 79.3 Å². The second-order valence-electron chi connectivity index (χ2n) is 35.1. The first kappa shape index (κ1) is 91.5. The molecule has 13 aromatic heterocycles. The van der Waals surface area contributed by atoms with E-state index in [9.17, 15) is 26.3 Å². The second kappa shape index (κ2) is 41.1. The van der Waals surface area contributed by atoms with Gasteiger partial charge in [-0.3, -0.25) is 54.9 Å². The van der Waals surface area contributed by atoms with Crippen LogP contribution in [0, 0.1) is 34.9 Å². The maximum Gasteiger partial charge on any atom is 0.137 e. The molecule has 0 aliphatic carbocycles. The number of aromatic amines is 5. The molecule has 0 amide bonds. The molecule has 0 bridgehead atoms. The van der Waals surface area contributed by atoms with Crippen LogP contribution in [0.1, 0.15) is 82.1 Å². The minimum Gasteiger partial charge on any atom is -0.496 e. The van der Waals surface area contributed by atoms with Crippen LogP contribution in [0.15, 0.2) is 275 Å². The Hall–Kier alpha value is -16.6. The first-order valence-electron chi connectivity index (χ1n) is 46.6. The van der Waals surface area contributed by atoms with Crippen molar-refractivity contribution in [2.24, 2.45) is 0 Å². The van der Waals surface area contributed by atoms with Crippen LogP contribution in [-0.2, 0) is 40.4 Å². The number of ether oxygens (including phenoxy) is 4. The summed E-state index contributed by atoms with van der Waals surface area (Å²) in [5, 5.41) is 70.3. The summed E-state index contributed by atoms with van der Waals surface area (Å²) in [6.45, 7) is 8.02. The molecular weight excluding hydrogens is 1830 g/mol. The number of hydrogen-bond donors (Lipinski definition) is 5. The van der Waals surface area contributed by atoms with Gasteiger partial charge in [0, 0.05) is 199 Å². The molecule has 143 heavy (non-hydrogen) atoms. The molecule has 0 saturated carbocycles. The molecule has 5 N–H and O–H groups in total. The Kier molecular flexibility index (Phi) is 26.3. The highest BCUT2D eigenvalue weighted by atomic mass is 19.2. The minimum absolute atomic E-state index is 0.0650. The molecule has 33 nitrogen and oxygen atoms in total. The van der Waals surface area contributed by atoms with Gasteiger partial charge in [-0.25, -0.2) is 50.1 Å². The highest BCUT2D eigenvalue weighted by Gasteiger charge is 2.33. The molecule has 21 aromatic rings. The van der Waals surface area contributed by atoms with E-state index in [4.69, 9.17) is 18.9 Å². The van der Waals surface area contributed by atoms with Crippen molar-refractivity contribution < 1.29 is 45.3 Å². The number of morpholine rings is 3.